The molecule has 0 fully saturated rings. The van der Waals surface area contributed by atoms with Gasteiger partial charge in [0, 0.05) is 17.8 Å². The van der Waals surface area contributed by atoms with E-state index in [4.69, 9.17) is 9.15 Å². The Morgan fingerprint density at radius 2 is 2.14 bits per heavy atom. The summed E-state index contributed by atoms with van der Waals surface area (Å²) in [4.78, 5) is 23.4. The van der Waals surface area contributed by atoms with Crippen LogP contribution in [-0.4, -0.2) is 23.4 Å². The van der Waals surface area contributed by atoms with Crippen molar-refractivity contribution in [1.29, 1.82) is 0 Å². The predicted octanol–water partition coefficient (Wildman–Crippen LogP) is 2.68. The van der Waals surface area contributed by atoms with Crippen molar-refractivity contribution < 1.29 is 18.9 Å². The largest absolute Gasteiger partial charge is 0.490 e. The van der Waals surface area contributed by atoms with Gasteiger partial charge in [-0.3, -0.25) is 14.9 Å². The molecule has 1 aliphatic heterocycles. The third-order valence-electron chi connectivity index (χ3n) is 4.12. The summed E-state index contributed by atoms with van der Waals surface area (Å²) in [7, 11) is 0. The molecule has 2 unspecified atom stereocenters. The Kier molecular flexibility index (Phi) is 3.11. The molecule has 6 nitrogen and oxygen atoms in total. The van der Waals surface area contributed by atoms with Gasteiger partial charge in [0.2, 0.25) is 0 Å². The predicted molar refractivity (Wildman–Crippen MR) is 73.2 cm³/mol. The molecule has 2 heterocycles. The topological polar surface area (TPSA) is 82.6 Å². The Labute approximate surface area is 121 Å². The number of hydrogen-bond acceptors (Lipinski definition) is 5. The number of ketones is 1. The molecule has 6 heteroatoms. The highest BCUT2D eigenvalue weighted by atomic mass is 16.6. The second kappa shape index (κ2) is 4.72. The highest BCUT2D eigenvalue weighted by Gasteiger charge is 2.49. The van der Waals surface area contributed by atoms with Gasteiger partial charge in [-0.1, -0.05) is 13.8 Å². The van der Waals surface area contributed by atoms with Crippen LogP contribution in [0.25, 0.3) is 0 Å². The molecule has 0 bridgehead atoms. The Bertz CT molecular complexity index is 614. The van der Waals surface area contributed by atoms with Crippen LogP contribution in [0.3, 0.4) is 0 Å². The Morgan fingerprint density at radius 3 is 2.76 bits per heavy atom. The second-order valence-electron chi connectivity index (χ2n) is 6.43. The van der Waals surface area contributed by atoms with E-state index in [1.54, 1.807) is 12.1 Å². The molecule has 1 aliphatic carbocycles. The number of furan rings is 1. The number of carbonyl (C=O) groups is 1. The van der Waals surface area contributed by atoms with Crippen LogP contribution in [0.4, 0.5) is 0 Å². The lowest BCUT2D eigenvalue weighted by Gasteiger charge is -2.37. The lowest BCUT2D eigenvalue weighted by molar-refractivity contribution is -0.530. The Balaban J connectivity index is 2.10. The van der Waals surface area contributed by atoms with Crippen molar-refractivity contribution in [1.82, 2.24) is 0 Å². The molecular formula is C15H17NO5. The van der Waals surface area contributed by atoms with Crippen molar-refractivity contribution in [3.63, 3.8) is 0 Å². The molecular weight excluding hydrogens is 274 g/mol. The zero-order valence-corrected chi connectivity index (χ0v) is 12.0. The summed E-state index contributed by atoms with van der Waals surface area (Å²) in [5.74, 6) is 0.327. The number of carbonyl (C=O) groups excluding carboxylic acids is 1. The van der Waals surface area contributed by atoms with Crippen LogP contribution in [0, 0.1) is 15.5 Å². The minimum atomic E-state index is -0.986. The molecule has 1 aromatic rings. The van der Waals surface area contributed by atoms with Crippen LogP contribution in [0.15, 0.2) is 34.1 Å². The standard InChI is InChI=1S/C15H17NO5/c1-15(2)6-10(17)14-12(7-15)21-8-9(16(18)19)13(14)11-4-3-5-20-11/h3-5,9,13H,6-8H2,1-2H3. The zero-order valence-electron chi connectivity index (χ0n) is 12.0. The van der Waals surface area contributed by atoms with Crippen LogP contribution < -0.4 is 0 Å². The molecule has 0 saturated heterocycles. The monoisotopic (exact) mass is 291 g/mol. The molecule has 0 saturated carbocycles. The van der Waals surface area contributed by atoms with E-state index in [2.05, 4.69) is 0 Å². The molecule has 21 heavy (non-hydrogen) atoms. The Morgan fingerprint density at radius 1 is 1.38 bits per heavy atom. The summed E-state index contributed by atoms with van der Waals surface area (Å²) in [5.41, 5.74) is 0.252. The van der Waals surface area contributed by atoms with Gasteiger partial charge in [-0.2, -0.15) is 0 Å². The van der Waals surface area contributed by atoms with Crippen LogP contribution in [-0.2, 0) is 9.53 Å². The molecule has 0 spiro atoms. The van der Waals surface area contributed by atoms with E-state index in [1.165, 1.54) is 6.26 Å². The molecule has 0 radical (unpaired) electrons. The van der Waals surface area contributed by atoms with E-state index < -0.39 is 12.0 Å². The number of rotatable bonds is 2. The number of nitro groups is 1. The van der Waals surface area contributed by atoms with Crippen molar-refractivity contribution in [2.45, 2.75) is 38.6 Å². The zero-order chi connectivity index (χ0) is 15.2. The molecule has 0 amide bonds. The first kappa shape index (κ1) is 13.9. The second-order valence-corrected chi connectivity index (χ2v) is 6.43. The normalized spacial score (nSPS) is 28.0. The van der Waals surface area contributed by atoms with Crippen molar-refractivity contribution in [3.8, 4) is 0 Å². The maximum atomic E-state index is 12.5. The van der Waals surface area contributed by atoms with Crippen LogP contribution in [0.2, 0.25) is 0 Å². The van der Waals surface area contributed by atoms with Crippen molar-refractivity contribution in [2.75, 3.05) is 6.61 Å². The fourth-order valence-electron chi connectivity index (χ4n) is 3.21. The maximum Gasteiger partial charge on any atom is 0.260 e. The van der Waals surface area contributed by atoms with Crippen LogP contribution in [0.1, 0.15) is 38.4 Å². The molecule has 112 valence electrons. The lowest BCUT2D eigenvalue weighted by Crippen LogP contribution is -2.42. The minimum Gasteiger partial charge on any atom is -0.490 e. The number of Topliss-reactive ketones (excluding diaryl/α,β-unsaturated/α-hetero) is 1. The number of nitrogens with zero attached hydrogens (tertiary/aromatic N) is 1. The van der Waals surface area contributed by atoms with Gasteiger partial charge < -0.3 is 9.15 Å². The quantitative estimate of drug-likeness (QED) is 0.618. The van der Waals surface area contributed by atoms with E-state index >= 15 is 0 Å². The number of allylic oxidation sites excluding steroid dienone is 1. The summed E-state index contributed by atoms with van der Waals surface area (Å²) in [5, 5.41) is 11.3. The summed E-state index contributed by atoms with van der Waals surface area (Å²) in [6.45, 7) is 3.97. The number of ether oxygens (including phenoxy) is 1. The highest BCUT2D eigenvalue weighted by Crippen LogP contribution is 2.46. The first-order chi connectivity index (χ1) is 9.89. The average Bonchev–Trinajstić information content (AvgIpc) is 2.89. The van der Waals surface area contributed by atoms with Gasteiger partial charge >= 0.3 is 0 Å². The summed E-state index contributed by atoms with van der Waals surface area (Å²) in [6.07, 6.45) is 2.46. The molecule has 1 aromatic heterocycles. The van der Waals surface area contributed by atoms with Gasteiger partial charge in [0.25, 0.3) is 6.04 Å². The smallest absolute Gasteiger partial charge is 0.260 e. The molecule has 0 N–H and O–H groups in total. The number of hydrogen-bond donors (Lipinski definition) is 0. The van der Waals surface area contributed by atoms with Gasteiger partial charge in [-0.25, -0.2) is 0 Å². The third-order valence-corrected chi connectivity index (χ3v) is 4.12. The summed E-state index contributed by atoms with van der Waals surface area (Å²) < 4.78 is 10.9. The summed E-state index contributed by atoms with van der Waals surface area (Å²) in [6, 6.07) is 2.38. The van der Waals surface area contributed by atoms with Crippen LogP contribution >= 0.6 is 0 Å². The third kappa shape index (κ3) is 2.34. The van der Waals surface area contributed by atoms with Gasteiger partial charge in [-0.05, 0) is 17.5 Å². The lowest BCUT2D eigenvalue weighted by atomic mass is 9.71. The fraction of sp³-hybridized carbons (Fsp3) is 0.533. The average molecular weight is 291 g/mol. The van der Waals surface area contributed by atoms with Crippen molar-refractivity contribution in [2.24, 2.45) is 5.41 Å². The molecule has 2 atom stereocenters. The van der Waals surface area contributed by atoms with Gasteiger partial charge in [0.1, 0.15) is 17.4 Å². The van der Waals surface area contributed by atoms with Gasteiger partial charge in [0.05, 0.1) is 11.8 Å². The van der Waals surface area contributed by atoms with E-state index in [1.807, 2.05) is 13.8 Å². The van der Waals surface area contributed by atoms with E-state index in [9.17, 15) is 14.9 Å². The van der Waals surface area contributed by atoms with Gasteiger partial charge in [0.15, 0.2) is 12.4 Å². The molecule has 2 aliphatic rings. The van der Waals surface area contributed by atoms with E-state index in [-0.39, 0.29) is 22.7 Å². The minimum absolute atomic E-state index is 0.0272. The Hall–Kier alpha value is -2.11. The van der Waals surface area contributed by atoms with Crippen LogP contribution in [0.5, 0.6) is 0 Å². The van der Waals surface area contributed by atoms with E-state index in [0.717, 1.165) is 0 Å². The fourth-order valence-corrected chi connectivity index (χ4v) is 3.21. The van der Waals surface area contributed by atoms with Crippen molar-refractivity contribution >= 4 is 5.78 Å². The van der Waals surface area contributed by atoms with E-state index in [0.29, 0.717) is 29.9 Å². The summed E-state index contributed by atoms with van der Waals surface area (Å²) >= 11 is 0. The first-order valence-corrected chi connectivity index (χ1v) is 6.95. The SMILES string of the molecule is CC1(C)CC(=O)C2=C(C1)OCC([N+](=O)[O-])C2c1ccco1. The first-order valence-electron chi connectivity index (χ1n) is 6.95. The van der Waals surface area contributed by atoms with Gasteiger partial charge in [-0.15, -0.1) is 0 Å². The molecule has 3 rings (SSSR count). The maximum absolute atomic E-state index is 12.5. The molecule has 0 aromatic carbocycles. The highest BCUT2D eigenvalue weighted by molar-refractivity contribution is 5.98. The van der Waals surface area contributed by atoms with Crippen molar-refractivity contribution in [3.05, 3.63) is 45.6 Å².